The maximum Gasteiger partial charge on any atom is 0.0897 e. The maximum atomic E-state index is 9.85. The summed E-state index contributed by atoms with van der Waals surface area (Å²) >= 11 is 0. The summed E-state index contributed by atoms with van der Waals surface area (Å²) in [7, 11) is 0. The fraction of sp³-hybridized carbons (Fsp3) is 1.00. The van der Waals surface area contributed by atoms with Crippen LogP contribution in [0.1, 0.15) is 40.0 Å². The molecule has 4 nitrogen and oxygen atoms in total. The van der Waals surface area contributed by atoms with Crippen molar-refractivity contribution >= 4 is 0 Å². The molecule has 0 amide bonds. The quantitative estimate of drug-likeness (QED) is 0.629. The smallest absolute Gasteiger partial charge is 0.0897 e. The van der Waals surface area contributed by atoms with E-state index in [0.717, 1.165) is 5.92 Å². The molecule has 19 heavy (non-hydrogen) atoms. The van der Waals surface area contributed by atoms with Crippen molar-refractivity contribution in [2.45, 2.75) is 52.2 Å². The second-order valence-corrected chi connectivity index (χ2v) is 5.84. The van der Waals surface area contributed by atoms with E-state index in [1.807, 2.05) is 6.92 Å². The topological polar surface area (TPSA) is 50.7 Å². The number of aliphatic hydroxyl groups is 1. The van der Waals surface area contributed by atoms with E-state index in [0.29, 0.717) is 44.9 Å². The molecule has 0 aromatic carbocycles. The van der Waals surface area contributed by atoms with E-state index in [1.165, 1.54) is 19.3 Å². The SMILES string of the molecule is CCOCCOCC(O)CNC1CCC(C)CC1C. The molecule has 1 saturated carbocycles. The molecular weight excluding hydrogens is 242 g/mol. The van der Waals surface area contributed by atoms with E-state index >= 15 is 0 Å². The number of rotatable bonds is 9. The second kappa shape index (κ2) is 9.70. The van der Waals surface area contributed by atoms with Gasteiger partial charge in [-0.25, -0.2) is 0 Å². The van der Waals surface area contributed by atoms with Crippen LogP contribution in [-0.4, -0.2) is 50.2 Å². The van der Waals surface area contributed by atoms with Crippen LogP contribution in [0.25, 0.3) is 0 Å². The lowest BCUT2D eigenvalue weighted by atomic mass is 9.80. The number of ether oxygens (including phenoxy) is 2. The summed E-state index contributed by atoms with van der Waals surface area (Å²) < 4.78 is 10.5. The first-order chi connectivity index (χ1) is 9.13. The molecule has 0 aromatic heterocycles. The first kappa shape index (κ1) is 16.9. The molecule has 0 radical (unpaired) electrons. The maximum absolute atomic E-state index is 9.85. The summed E-state index contributed by atoms with van der Waals surface area (Å²) in [5, 5.41) is 13.3. The average Bonchev–Trinajstić information content (AvgIpc) is 2.37. The Morgan fingerprint density at radius 1 is 1.21 bits per heavy atom. The van der Waals surface area contributed by atoms with Gasteiger partial charge in [-0.1, -0.05) is 13.8 Å². The van der Waals surface area contributed by atoms with Crippen LogP contribution in [0.3, 0.4) is 0 Å². The van der Waals surface area contributed by atoms with Crippen LogP contribution in [0.15, 0.2) is 0 Å². The van der Waals surface area contributed by atoms with Gasteiger partial charge in [0.1, 0.15) is 0 Å². The van der Waals surface area contributed by atoms with Gasteiger partial charge in [0.25, 0.3) is 0 Å². The minimum absolute atomic E-state index is 0.386. The molecule has 1 aliphatic rings. The molecule has 0 bridgehead atoms. The molecule has 1 rings (SSSR count). The lowest BCUT2D eigenvalue weighted by Crippen LogP contribution is -2.43. The molecule has 4 heteroatoms. The van der Waals surface area contributed by atoms with Gasteiger partial charge >= 0.3 is 0 Å². The van der Waals surface area contributed by atoms with E-state index in [-0.39, 0.29) is 0 Å². The van der Waals surface area contributed by atoms with Crippen LogP contribution < -0.4 is 5.32 Å². The third-order valence-electron chi connectivity index (χ3n) is 3.93. The Labute approximate surface area is 117 Å². The summed E-state index contributed by atoms with van der Waals surface area (Å²) in [6.45, 7) is 9.48. The van der Waals surface area contributed by atoms with Crippen molar-refractivity contribution in [1.29, 1.82) is 0 Å². The monoisotopic (exact) mass is 273 g/mol. The Morgan fingerprint density at radius 2 is 1.95 bits per heavy atom. The van der Waals surface area contributed by atoms with Gasteiger partial charge in [0, 0.05) is 19.2 Å². The molecule has 1 aliphatic carbocycles. The molecule has 0 heterocycles. The Hall–Kier alpha value is -0.160. The van der Waals surface area contributed by atoms with Crippen molar-refractivity contribution in [3.63, 3.8) is 0 Å². The molecule has 0 aromatic rings. The lowest BCUT2D eigenvalue weighted by molar-refractivity contribution is 0.00456. The summed E-state index contributed by atoms with van der Waals surface area (Å²) in [6, 6.07) is 0.550. The zero-order chi connectivity index (χ0) is 14.1. The normalized spacial score (nSPS) is 29.4. The number of hydrogen-bond donors (Lipinski definition) is 2. The summed E-state index contributed by atoms with van der Waals surface area (Å²) in [6.07, 6.45) is 3.38. The van der Waals surface area contributed by atoms with Crippen molar-refractivity contribution in [2.24, 2.45) is 11.8 Å². The Kier molecular flexibility index (Phi) is 8.62. The van der Waals surface area contributed by atoms with Crippen molar-refractivity contribution in [2.75, 3.05) is 33.0 Å². The Morgan fingerprint density at radius 3 is 2.63 bits per heavy atom. The molecule has 2 N–H and O–H groups in total. The van der Waals surface area contributed by atoms with Crippen LogP contribution >= 0.6 is 0 Å². The fourth-order valence-electron chi connectivity index (χ4n) is 2.80. The van der Waals surface area contributed by atoms with Crippen molar-refractivity contribution < 1.29 is 14.6 Å². The Bertz CT molecular complexity index is 225. The lowest BCUT2D eigenvalue weighted by Gasteiger charge is -2.33. The van der Waals surface area contributed by atoms with Gasteiger partial charge < -0.3 is 19.9 Å². The first-order valence-corrected chi connectivity index (χ1v) is 7.70. The van der Waals surface area contributed by atoms with Gasteiger partial charge in [0.2, 0.25) is 0 Å². The minimum Gasteiger partial charge on any atom is -0.389 e. The molecule has 0 aliphatic heterocycles. The highest BCUT2D eigenvalue weighted by Crippen LogP contribution is 2.28. The van der Waals surface area contributed by atoms with Gasteiger partial charge in [0.15, 0.2) is 0 Å². The van der Waals surface area contributed by atoms with E-state index < -0.39 is 6.10 Å². The van der Waals surface area contributed by atoms with Crippen LogP contribution in [0.2, 0.25) is 0 Å². The summed E-state index contributed by atoms with van der Waals surface area (Å²) in [4.78, 5) is 0. The van der Waals surface area contributed by atoms with Crippen LogP contribution in [0.4, 0.5) is 0 Å². The molecule has 1 fully saturated rings. The van der Waals surface area contributed by atoms with Crippen molar-refractivity contribution in [3.05, 3.63) is 0 Å². The zero-order valence-corrected chi connectivity index (χ0v) is 12.7. The molecule has 0 spiro atoms. The van der Waals surface area contributed by atoms with Gasteiger partial charge in [-0.3, -0.25) is 0 Å². The molecule has 4 atom stereocenters. The molecule has 0 saturated heterocycles. The number of aliphatic hydroxyl groups excluding tert-OH is 1. The highest BCUT2D eigenvalue weighted by atomic mass is 16.5. The van der Waals surface area contributed by atoms with Crippen LogP contribution in [0, 0.1) is 11.8 Å². The molecular formula is C15H31NO3. The van der Waals surface area contributed by atoms with E-state index in [2.05, 4.69) is 19.2 Å². The largest absolute Gasteiger partial charge is 0.389 e. The predicted octanol–water partition coefficient (Wildman–Crippen LogP) is 1.81. The van der Waals surface area contributed by atoms with Crippen molar-refractivity contribution in [3.8, 4) is 0 Å². The van der Waals surface area contributed by atoms with E-state index in [1.54, 1.807) is 0 Å². The third-order valence-corrected chi connectivity index (χ3v) is 3.93. The van der Waals surface area contributed by atoms with E-state index in [4.69, 9.17) is 9.47 Å². The van der Waals surface area contributed by atoms with Gasteiger partial charge in [0.05, 0.1) is 25.9 Å². The fourth-order valence-corrected chi connectivity index (χ4v) is 2.80. The van der Waals surface area contributed by atoms with Crippen LogP contribution in [0.5, 0.6) is 0 Å². The predicted molar refractivity (Wildman–Crippen MR) is 77.3 cm³/mol. The molecule has 114 valence electrons. The van der Waals surface area contributed by atoms with Gasteiger partial charge in [-0.15, -0.1) is 0 Å². The summed E-state index contributed by atoms with van der Waals surface area (Å²) in [5.41, 5.74) is 0. The Balaban J connectivity index is 2.04. The number of nitrogens with one attached hydrogen (secondary N) is 1. The highest BCUT2D eigenvalue weighted by molar-refractivity contribution is 4.81. The van der Waals surface area contributed by atoms with E-state index in [9.17, 15) is 5.11 Å². The third kappa shape index (κ3) is 7.25. The standard InChI is InChI=1S/C15H31NO3/c1-4-18-7-8-19-11-14(17)10-16-15-6-5-12(2)9-13(15)3/h12-17H,4-11H2,1-3H3. The molecule has 4 unspecified atom stereocenters. The number of hydrogen-bond acceptors (Lipinski definition) is 4. The first-order valence-electron chi connectivity index (χ1n) is 7.70. The average molecular weight is 273 g/mol. The van der Waals surface area contributed by atoms with Crippen molar-refractivity contribution in [1.82, 2.24) is 5.32 Å². The second-order valence-electron chi connectivity index (χ2n) is 5.84. The zero-order valence-electron chi connectivity index (χ0n) is 12.7. The summed E-state index contributed by atoms with van der Waals surface area (Å²) in [5.74, 6) is 1.55. The van der Waals surface area contributed by atoms with Gasteiger partial charge in [-0.05, 0) is 38.0 Å². The minimum atomic E-state index is -0.423. The van der Waals surface area contributed by atoms with Gasteiger partial charge in [-0.2, -0.15) is 0 Å². The van der Waals surface area contributed by atoms with Crippen LogP contribution in [-0.2, 0) is 9.47 Å². The highest BCUT2D eigenvalue weighted by Gasteiger charge is 2.25.